The van der Waals surface area contributed by atoms with Crippen molar-refractivity contribution in [2.75, 3.05) is 13.7 Å². The van der Waals surface area contributed by atoms with E-state index in [1.54, 1.807) is 25.3 Å². The summed E-state index contributed by atoms with van der Waals surface area (Å²) in [7, 11) is 1.67. The van der Waals surface area contributed by atoms with Gasteiger partial charge in [-0.25, -0.2) is 0 Å². The van der Waals surface area contributed by atoms with Gasteiger partial charge in [-0.2, -0.15) is 0 Å². The van der Waals surface area contributed by atoms with Gasteiger partial charge in [0.2, 0.25) is 0 Å². The third-order valence-electron chi connectivity index (χ3n) is 5.22. The number of carbonyl (C=O) groups excluding carboxylic acids is 1. The fourth-order valence-electron chi connectivity index (χ4n) is 3.56. The molecule has 5 heteroatoms. The van der Waals surface area contributed by atoms with E-state index < -0.39 is 5.91 Å². The first kappa shape index (κ1) is 22.4. The minimum absolute atomic E-state index is 0.0820. The highest BCUT2D eigenvalue weighted by atomic mass is 16.5. The van der Waals surface area contributed by atoms with Crippen LogP contribution in [-0.4, -0.2) is 25.7 Å². The maximum atomic E-state index is 11.5. The van der Waals surface area contributed by atoms with Crippen LogP contribution >= 0.6 is 0 Å². The Bertz CT molecular complexity index is 958. The molecule has 0 fully saturated rings. The van der Waals surface area contributed by atoms with E-state index in [2.05, 4.69) is 48.6 Å². The molecule has 0 unspecified atom stereocenters. The van der Waals surface area contributed by atoms with Crippen molar-refractivity contribution >= 4 is 5.91 Å². The highest BCUT2D eigenvalue weighted by Gasteiger charge is 2.17. The molecule has 3 N–H and O–H groups in total. The van der Waals surface area contributed by atoms with E-state index in [9.17, 15) is 4.79 Å². The van der Waals surface area contributed by atoms with Gasteiger partial charge in [-0.05, 0) is 55.2 Å². The highest BCUT2D eigenvalue weighted by Crippen LogP contribution is 2.25. The molecule has 31 heavy (non-hydrogen) atoms. The van der Waals surface area contributed by atoms with E-state index in [-0.39, 0.29) is 12.1 Å². The number of amides is 1. The first-order chi connectivity index (χ1) is 15.1. The number of methoxy groups -OCH3 is 1. The summed E-state index contributed by atoms with van der Waals surface area (Å²) in [6.07, 6.45) is 1.78. The third kappa shape index (κ3) is 6.33. The number of primary amides is 1. The van der Waals surface area contributed by atoms with Crippen LogP contribution in [0.4, 0.5) is 0 Å². The highest BCUT2D eigenvalue weighted by molar-refractivity contribution is 5.95. The summed E-state index contributed by atoms with van der Waals surface area (Å²) in [4.78, 5) is 11.5. The molecule has 0 saturated heterocycles. The van der Waals surface area contributed by atoms with Crippen molar-refractivity contribution in [2.45, 2.75) is 31.8 Å². The minimum Gasteiger partial charge on any atom is -0.497 e. The number of nitrogens with one attached hydrogen (secondary N) is 1. The van der Waals surface area contributed by atoms with Crippen LogP contribution in [0.1, 0.15) is 47.3 Å². The van der Waals surface area contributed by atoms with Gasteiger partial charge in [-0.3, -0.25) is 4.79 Å². The average molecular weight is 419 g/mol. The molecular formula is C26H30N2O3. The number of rotatable bonds is 11. The van der Waals surface area contributed by atoms with Gasteiger partial charge in [-0.15, -0.1) is 0 Å². The average Bonchev–Trinajstić information content (AvgIpc) is 2.81. The second-order valence-corrected chi connectivity index (χ2v) is 7.54. The summed E-state index contributed by atoms with van der Waals surface area (Å²) in [6.45, 7) is 2.70. The van der Waals surface area contributed by atoms with Crippen LogP contribution in [0.15, 0.2) is 78.9 Å². The van der Waals surface area contributed by atoms with Crippen molar-refractivity contribution in [3.05, 3.63) is 95.6 Å². The second-order valence-electron chi connectivity index (χ2n) is 7.54. The van der Waals surface area contributed by atoms with Gasteiger partial charge in [-0.1, -0.05) is 54.6 Å². The molecule has 5 nitrogen and oxygen atoms in total. The molecule has 2 atom stereocenters. The number of hydrogen-bond donors (Lipinski definition) is 2. The van der Waals surface area contributed by atoms with E-state index in [1.165, 1.54) is 11.1 Å². The number of hydrogen-bond acceptors (Lipinski definition) is 4. The predicted octanol–water partition coefficient (Wildman–Crippen LogP) is 4.72. The van der Waals surface area contributed by atoms with Crippen LogP contribution in [0.25, 0.3) is 0 Å². The molecule has 3 aromatic carbocycles. The van der Waals surface area contributed by atoms with Gasteiger partial charge in [0.25, 0.3) is 5.91 Å². The molecule has 0 radical (unpaired) electrons. The Morgan fingerprint density at radius 3 is 2.26 bits per heavy atom. The summed E-state index contributed by atoms with van der Waals surface area (Å²) in [5.41, 5.74) is 8.23. The first-order valence-corrected chi connectivity index (χ1v) is 10.5. The summed E-state index contributed by atoms with van der Waals surface area (Å²) in [5, 5.41) is 3.74. The van der Waals surface area contributed by atoms with Gasteiger partial charge < -0.3 is 20.5 Å². The van der Waals surface area contributed by atoms with Crippen molar-refractivity contribution in [1.82, 2.24) is 5.32 Å². The number of para-hydroxylation sites is 1. The normalized spacial score (nSPS) is 12.7. The lowest BCUT2D eigenvalue weighted by Crippen LogP contribution is -2.31. The molecular weight excluding hydrogens is 388 g/mol. The molecule has 1 amide bonds. The van der Waals surface area contributed by atoms with Crippen LogP contribution in [-0.2, 0) is 0 Å². The number of carbonyl (C=O) groups is 1. The first-order valence-electron chi connectivity index (χ1n) is 10.5. The molecule has 0 saturated carbocycles. The Morgan fingerprint density at radius 1 is 0.935 bits per heavy atom. The Labute approximate surface area is 184 Å². The summed E-state index contributed by atoms with van der Waals surface area (Å²) in [6, 6.07) is 26.0. The fraction of sp³-hybridized carbons (Fsp3) is 0.269. The second kappa shape index (κ2) is 11.2. The van der Waals surface area contributed by atoms with Gasteiger partial charge in [0.05, 0.1) is 25.3 Å². The molecule has 0 aliphatic carbocycles. The molecule has 0 heterocycles. The fourth-order valence-corrected chi connectivity index (χ4v) is 3.56. The topological polar surface area (TPSA) is 73.6 Å². The molecule has 0 spiro atoms. The Hall–Kier alpha value is -3.31. The van der Waals surface area contributed by atoms with E-state index in [0.717, 1.165) is 18.6 Å². The maximum Gasteiger partial charge on any atom is 0.252 e. The predicted molar refractivity (Wildman–Crippen MR) is 124 cm³/mol. The van der Waals surface area contributed by atoms with Gasteiger partial charge >= 0.3 is 0 Å². The van der Waals surface area contributed by atoms with Crippen molar-refractivity contribution in [2.24, 2.45) is 5.73 Å². The monoisotopic (exact) mass is 418 g/mol. The quantitative estimate of drug-likeness (QED) is 0.442. The SMILES string of the molecule is COc1ccc([C@@H](N[C@H](C)CCCOc2ccccc2C(N)=O)c2ccccc2)cc1. The molecule has 0 bridgehead atoms. The standard InChI is InChI=1S/C26H30N2O3/c1-19(9-8-18-31-24-13-7-6-12-23(24)26(27)29)28-25(20-10-4-3-5-11-20)21-14-16-22(30-2)17-15-21/h3-7,10-17,19,25,28H,8-9,18H2,1-2H3,(H2,27,29)/t19-,25+/m1/s1. The third-order valence-corrected chi connectivity index (χ3v) is 5.22. The number of ether oxygens (including phenoxy) is 2. The van der Waals surface area contributed by atoms with E-state index in [4.69, 9.17) is 15.2 Å². The van der Waals surface area contributed by atoms with Gasteiger partial charge in [0.1, 0.15) is 11.5 Å². The van der Waals surface area contributed by atoms with Gasteiger partial charge in [0, 0.05) is 6.04 Å². The summed E-state index contributed by atoms with van der Waals surface area (Å²) < 4.78 is 11.1. The van der Waals surface area contributed by atoms with E-state index in [0.29, 0.717) is 17.9 Å². The zero-order valence-corrected chi connectivity index (χ0v) is 18.1. The lowest BCUT2D eigenvalue weighted by molar-refractivity contribution is 0.0996. The van der Waals surface area contributed by atoms with Crippen molar-refractivity contribution in [3.63, 3.8) is 0 Å². The van der Waals surface area contributed by atoms with Crippen LogP contribution in [0.3, 0.4) is 0 Å². The molecule has 0 aliphatic heterocycles. The zero-order valence-electron chi connectivity index (χ0n) is 18.1. The molecule has 0 aliphatic rings. The van der Waals surface area contributed by atoms with E-state index in [1.807, 2.05) is 24.3 Å². The number of benzene rings is 3. The molecule has 3 rings (SSSR count). The minimum atomic E-state index is -0.476. The largest absolute Gasteiger partial charge is 0.497 e. The van der Waals surface area contributed by atoms with Crippen LogP contribution < -0.4 is 20.5 Å². The zero-order chi connectivity index (χ0) is 22.1. The molecule has 0 aromatic heterocycles. The lowest BCUT2D eigenvalue weighted by atomic mass is 9.97. The Kier molecular flexibility index (Phi) is 8.07. The van der Waals surface area contributed by atoms with Crippen LogP contribution in [0.2, 0.25) is 0 Å². The van der Waals surface area contributed by atoms with Crippen molar-refractivity contribution in [3.8, 4) is 11.5 Å². The van der Waals surface area contributed by atoms with E-state index >= 15 is 0 Å². The van der Waals surface area contributed by atoms with Crippen molar-refractivity contribution < 1.29 is 14.3 Å². The number of nitrogens with two attached hydrogens (primary N) is 1. The molecule has 3 aromatic rings. The molecule has 162 valence electrons. The van der Waals surface area contributed by atoms with Gasteiger partial charge in [0.15, 0.2) is 0 Å². The Balaban J connectivity index is 1.59. The lowest BCUT2D eigenvalue weighted by Gasteiger charge is -2.25. The van der Waals surface area contributed by atoms with Crippen LogP contribution in [0.5, 0.6) is 11.5 Å². The Morgan fingerprint density at radius 2 is 1.58 bits per heavy atom. The summed E-state index contributed by atoms with van der Waals surface area (Å²) >= 11 is 0. The maximum absolute atomic E-state index is 11.5. The summed E-state index contributed by atoms with van der Waals surface area (Å²) in [5.74, 6) is 0.906. The smallest absolute Gasteiger partial charge is 0.252 e. The van der Waals surface area contributed by atoms with Crippen LogP contribution in [0, 0.1) is 0 Å². The van der Waals surface area contributed by atoms with Crippen molar-refractivity contribution in [1.29, 1.82) is 0 Å².